The Morgan fingerprint density at radius 3 is 2.59 bits per heavy atom. The SMILES string of the molecule is Cc1ccc(-c2c(C)sc3ncn(Cc4ccccc4F)c(=O)c23)cc1C. The zero-order chi connectivity index (χ0) is 19.1. The van der Waals surface area contributed by atoms with Gasteiger partial charge in [0, 0.05) is 16.0 Å². The fourth-order valence-corrected chi connectivity index (χ4v) is 4.31. The Labute approximate surface area is 160 Å². The summed E-state index contributed by atoms with van der Waals surface area (Å²) >= 11 is 1.52. The summed E-state index contributed by atoms with van der Waals surface area (Å²) in [6, 6.07) is 12.7. The molecule has 0 unspecified atom stereocenters. The fourth-order valence-electron chi connectivity index (χ4n) is 3.30. The minimum atomic E-state index is -0.319. The largest absolute Gasteiger partial charge is 0.294 e. The van der Waals surface area contributed by atoms with E-state index in [1.54, 1.807) is 18.2 Å². The zero-order valence-corrected chi connectivity index (χ0v) is 16.2. The van der Waals surface area contributed by atoms with Crippen LogP contribution in [0.5, 0.6) is 0 Å². The standard InChI is InChI=1S/C22H19FN2OS/c1-13-8-9-16(10-14(13)2)19-15(3)27-21-20(19)22(26)25(12-24-21)11-17-6-4-5-7-18(17)23/h4-10,12H,11H2,1-3H3. The first kappa shape index (κ1) is 17.6. The average Bonchev–Trinajstić information content (AvgIpc) is 2.98. The van der Waals surface area contributed by atoms with Crippen molar-refractivity contribution in [1.82, 2.24) is 9.55 Å². The number of fused-ring (bicyclic) bond motifs is 1. The van der Waals surface area contributed by atoms with Gasteiger partial charge in [0.1, 0.15) is 10.6 Å². The van der Waals surface area contributed by atoms with Gasteiger partial charge in [-0.2, -0.15) is 0 Å². The molecule has 0 aliphatic heterocycles. The predicted molar refractivity (Wildman–Crippen MR) is 109 cm³/mol. The van der Waals surface area contributed by atoms with Crippen LogP contribution in [-0.2, 0) is 6.54 Å². The van der Waals surface area contributed by atoms with Crippen molar-refractivity contribution >= 4 is 21.6 Å². The fraction of sp³-hybridized carbons (Fsp3) is 0.182. The van der Waals surface area contributed by atoms with E-state index in [2.05, 4.69) is 31.0 Å². The van der Waals surface area contributed by atoms with Crippen molar-refractivity contribution in [3.05, 3.63) is 86.5 Å². The molecule has 2 heterocycles. The van der Waals surface area contributed by atoms with Gasteiger partial charge in [0.05, 0.1) is 18.3 Å². The summed E-state index contributed by atoms with van der Waals surface area (Å²) in [4.78, 5) is 19.5. The monoisotopic (exact) mass is 378 g/mol. The summed E-state index contributed by atoms with van der Waals surface area (Å²) in [7, 11) is 0. The van der Waals surface area contributed by atoms with Gasteiger partial charge in [-0.1, -0.05) is 36.4 Å². The van der Waals surface area contributed by atoms with Crippen LogP contribution in [0.2, 0.25) is 0 Å². The van der Waals surface area contributed by atoms with Gasteiger partial charge in [-0.15, -0.1) is 11.3 Å². The van der Waals surface area contributed by atoms with Crippen LogP contribution in [0.3, 0.4) is 0 Å². The van der Waals surface area contributed by atoms with Gasteiger partial charge in [0.2, 0.25) is 0 Å². The molecule has 0 amide bonds. The number of aromatic nitrogens is 2. The quantitative estimate of drug-likeness (QED) is 0.489. The van der Waals surface area contributed by atoms with E-state index in [0.29, 0.717) is 10.9 Å². The highest BCUT2D eigenvalue weighted by Crippen LogP contribution is 2.36. The van der Waals surface area contributed by atoms with Crippen molar-refractivity contribution in [2.45, 2.75) is 27.3 Å². The van der Waals surface area contributed by atoms with Crippen molar-refractivity contribution in [2.75, 3.05) is 0 Å². The number of rotatable bonds is 3. The molecular formula is C22H19FN2OS. The number of thiophene rings is 1. The van der Waals surface area contributed by atoms with Crippen molar-refractivity contribution in [3.8, 4) is 11.1 Å². The minimum Gasteiger partial charge on any atom is -0.294 e. The van der Waals surface area contributed by atoms with Crippen molar-refractivity contribution in [3.63, 3.8) is 0 Å². The lowest BCUT2D eigenvalue weighted by atomic mass is 9.99. The van der Waals surface area contributed by atoms with Gasteiger partial charge in [-0.3, -0.25) is 9.36 Å². The highest BCUT2D eigenvalue weighted by atomic mass is 32.1. The lowest BCUT2D eigenvalue weighted by molar-refractivity contribution is 0.595. The van der Waals surface area contributed by atoms with Crippen LogP contribution in [0, 0.1) is 26.6 Å². The summed E-state index contributed by atoms with van der Waals surface area (Å²) in [5, 5.41) is 0.611. The summed E-state index contributed by atoms with van der Waals surface area (Å²) in [6.07, 6.45) is 1.51. The number of aryl methyl sites for hydroxylation is 3. The molecule has 5 heteroatoms. The molecule has 2 aromatic carbocycles. The first-order valence-electron chi connectivity index (χ1n) is 8.75. The number of benzene rings is 2. The van der Waals surface area contributed by atoms with Gasteiger partial charge < -0.3 is 0 Å². The van der Waals surface area contributed by atoms with Crippen LogP contribution in [0.1, 0.15) is 21.6 Å². The van der Waals surface area contributed by atoms with Crippen LogP contribution < -0.4 is 5.56 Å². The van der Waals surface area contributed by atoms with E-state index < -0.39 is 0 Å². The lowest BCUT2D eigenvalue weighted by Gasteiger charge is -2.09. The second-order valence-electron chi connectivity index (χ2n) is 6.78. The summed E-state index contributed by atoms with van der Waals surface area (Å²) in [6.45, 7) is 6.31. The molecule has 0 aliphatic carbocycles. The molecule has 2 aromatic heterocycles. The van der Waals surface area contributed by atoms with Crippen LogP contribution in [0.4, 0.5) is 4.39 Å². The normalized spacial score (nSPS) is 11.3. The Balaban J connectivity index is 1.91. The summed E-state index contributed by atoms with van der Waals surface area (Å²) in [5.41, 5.74) is 4.68. The molecule has 3 nitrogen and oxygen atoms in total. The maximum Gasteiger partial charge on any atom is 0.263 e. The summed E-state index contributed by atoms with van der Waals surface area (Å²) < 4.78 is 15.5. The minimum absolute atomic E-state index is 0.138. The molecule has 0 saturated heterocycles. The molecule has 0 radical (unpaired) electrons. The second kappa shape index (κ2) is 6.74. The third kappa shape index (κ3) is 3.08. The maximum absolute atomic E-state index is 14.0. The van der Waals surface area contributed by atoms with Gasteiger partial charge in [0.25, 0.3) is 5.56 Å². The second-order valence-corrected chi connectivity index (χ2v) is 7.98. The highest BCUT2D eigenvalue weighted by molar-refractivity contribution is 7.19. The van der Waals surface area contributed by atoms with Crippen molar-refractivity contribution in [2.24, 2.45) is 0 Å². The van der Waals surface area contributed by atoms with Gasteiger partial charge in [0.15, 0.2) is 0 Å². The Morgan fingerprint density at radius 2 is 1.85 bits per heavy atom. The third-order valence-corrected chi connectivity index (χ3v) is 5.96. The van der Waals surface area contributed by atoms with Crippen LogP contribution in [0.15, 0.2) is 53.6 Å². The molecule has 136 valence electrons. The van der Waals surface area contributed by atoms with E-state index >= 15 is 0 Å². The Bertz CT molecular complexity index is 1220. The molecule has 0 aliphatic rings. The molecule has 0 atom stereocenters. The average molecular weight is 378 g/mol. The van der Waals surface area contributed by atoms with E-state index in [4.69, 9.17) is 0 Å². The van der Waals surface area contributed by atoms with Gasteiger partial charge in [-0.25, -0.2) is 9.37 Å². The molecule has 4 aromatic rings. The first-order valence-corrected chi connectivity index (χ1v) is 9.57. The van der Waals surface area contributed by atoms with Crippen LogP contribution in [-0.4, -0.2) is 9.55 Å². The highest BCUT2D eigenvalue weighted by Gasteiger charge is 2.17. The Hall–Kier alpha value is -2.79. The number of hydrogen-bond acceptors (Lipinski definition) is 3. The van der Waals surface area contributed by atoms with E-state index in [1.165, 1.54) is 39.4 Å². The van der Waals surface area contributed by atoms with Crippen molar-refractivity contribution < 1.29 is 4.39 Å². The maximum atomic E-state index is 14.0. The number of hydrogen-bond donors (Lipinski definition) is 0. The predicted octanol–water partition coefficient (Wildman–Crippen LogP) is 5.24. The van der Waals surface area contributed by atoms with E-state index in [9.17, 15) is 9.18 Å². The molecule has 0 N–H and O–H groups in total. The Morgan fingerprint density at radius 1 is 1.07 bits per heavy atom. The summed E-state index contributed by atoms with van der Waals surface area (Å²) in [5.74, 6) is -0.319. The molecule has 0 fully saturated rings. The van der Waals surface area contributed by atoms with E-state index in [1.807, 2.05) is 13.0 Å². The molecule has 4 rings (SSSR count). The van der Waals surface area contributed by atoms with Gasteiger partial charge >= 0.3 is 0 Å². The molecule has 0 bridgehead atoms. The van der Waals surface area contributed by atoms with Gasteiger partial charge in [-0.05, 0) is 43.5 Å². The van der Waals surface area contributed by atoms with E-state index in [0.717, 1.165) is 20.8 Å². The topological polar surface area (TPSA) is 34.9 Å². The third-order valence-electron chi connectivity index (χ3n) is 4.95. The molecule has 27 heavy (non-hydrogen) atoms. The number of halogens is 1. The smallest absolute Gasteiger partial charge is 0.263 e. The molecule has 0 spiro atoms. The zero-order valence-electron chi connectivity index (χ0n) is 15.4. The number of nitrogens with zero attached hydrogens (tertiary/aromatic N) is 2. The molecular weight excluding hydrogens is 359 g/mol. The molecule has 0 saturated carbocycles. The van der Waals surface area contributed by atoms with Crippen LogP contribution >= 0.6 is 11.3 Å². The van der Waals surface area contributed by atoms with Crippen molar-refractivity contribution in [1.29, 1.82) is 0 Å². The Kier molecular flexibility index (Phi) is 4.40. The van der Waals surface area contributed by atoms with Crippen LogP contribution in [0.25, 0.3) is 21.3 Å². The van der Waals surface area contributed by atoms with E-state index in [-0.39, 0.29) is 17.9 Å². The lowest BCUT2D eigenvalue weighted by Crippen LogP contribution is -2.21. The first-order chi connectivity index (χ1) is 13.0.